The lowest BCUT2D eigenvalue weighted by atomic mass is 10.1. The maximum atomic E-state index is 12.1. The van der Waals surface area contributed by atoms with Crippen LogP contribution >= 0.6 is 0 Å². The molecule has 3 unspecified atom stereocenters. The number of likely N-dealkylation sites (N-methyl/N-ethyl adjacent to an activating group) is 1. The largest absolute Gasteiger partial charge is 0.493 e. The molecule has 3 atom stereocenters. The molecule has 0 saturated carbocycles. The molecule has 0 aliphatic heterocycles. The highest BCUT2D eigenvalue weighted by Crippen LogP contribution is 2.27. The maximum Gasteiger partial charge on any atom is 0.270 e. The second-order valence-corrected chi connectivity index (χ2v) is 8.03. The summed E-state index contributed by atoms with van der Waals surface area (Å²) in [4.78, 5) is 55.4. The van der Waals surface area contributed by atoms with Crippen molar-refractivity contribution in [2.45, 2.75) is 72.1 Å². The van der Waals surface area contributed by atoms with Crippen molar-refractivity contribution in [1.29, 1.82) is 0 Å². The van der Waals surface area contributed by atoms with Crippen LogP contribution in [-0.4, -0.2) is 79.0 Å². The summed E-state index contributed by atoms with van der Waals surface area (Å²) in [5, 5.41) is 27.8. The van der Waals surface area contributed by atoms with E-state index in [1.807, 2.05) is 13.8 Å². The van der Waals surface area contributed by atoms with E-state index in [1.54, 1.807) is 20.9 Å². The van der Waals surface area contributed by atoms with Gasteiger partial charge < -0.3 is 37.3 Å². The number of aliphatic hydroxyl groups excluding tert-OH is 1. The average molecular weight is 557 g/mol. The lowest BCUT2D eigenvalue weighted by Gasteiger charge is -2.23. The molecule has 1 rings (SSSR count). The minimum atomic E-state index is -1.16. The number of nitrogens with one attached hydrogen (secondary N) is 3. The summed E-state index contributed by atoms with van der Waals surface area (Å²) in [5.74, 6) is -1.37. The number of hydrogen-bond acceptors (Lipinski definition) is 10. The molecule has 14 nitrogen and oxygen atoms in total. The van der Waals surface area contributed by atoms with Crippen LogP contribution in [0.15, 0.2) is 12.1 Å². The van der Waals surface area contributed by atoms with Crippen molar-refractivity contribution in [2.75, 3.05) is 26.7 Å². The minimum absolute atomic E-state index is 0.0990. The number of carbonyl (C=O) groups is 4. The summed E-state index contributed by atoms with van der Waals surface area (Å²) >= 11 is 0. The van der Waals surface area contributed by atoms with Crippen LogP contribution in [0.3, 0.4) is 0 Å². The van der Waals surface area contributed by atoms with E-state index in [9.17, 15) is 34.4 Å². The van der Waals surface area contributed by atoms with E-state index in [0.717, 1.165) is 12.8 Å². The van der Waals surface area contributed by atoms with E-state index < -0.39 is 40.8 Å². The zero-order valence-corrected chi connectivity index (χ0v) is 23.6. The number of hydrogen-bond donors (Lipinski definition) is 6. The Hall–Kier alpha value is -3.62. The number of amides is 3. The van der Waals surface area contributed by atoms with E-state index >= 15 is 0 Å². The number of aryl methyl sites for hydroxylation is 1. The molecule has 0 aliphatic rings. The summed E-state index contributed by atoms with van der Waals surface area (Å²) in [6.07, 6.45) is 1.57. The number of ether oxygens (including phenoxy) is 1. The predicted molar refractivity (Wildman–Crippen MR) is 147 cm³/mol. The first-order chi connectivity index (χ1) is 18.4. The van der Waals surface area contributed by atoms with Gasteiger partial charge in [-0.3, -0.25) is 29.3 Å². The number of unbranched alkanes of at least 4 members (excludes halogenated alkanes) is 1. The second kappa shape index (κ2) is 21.3. The van der Waals surface area contributed by atoms with Crippen molar-refractivity contribution in [3.05, 3.63) is 33.4 Å². The number of nitro groups is 1. The molecule has 1 aromatic rings. The molecular weight excluding hydrogens is 512 g/mol. The Labute approximate surface area is 229 Å². The van der Waals surface area contributed by atoms with Gasteiger partial charge in [-0.15, -0.1) is 0 Å². The van der Waals surface area contributed by atoms with E-state index in [4.69, 9.17) is 16.2 Å². The maximum absolute atomic E-state index is 12.1. The highest BCUT2D eigenvalue weighted by Gasteiger charge is 2.28. The van der Waals surface area contributed by atoms with Gasteiger partial charge in [-0.05, 0) is 52.8 Å². The Morgan fingerprint density at radius 3 is 2.26 bits per heavy atom. The predicted octanol–water partition coefficient (Wildman–Crippen LogP) is 0.311. The molecule has 1 aromatic carbocycles. The number of non-ortho nitro benzene ring substituents is 1. The number of primary amides is 1. The summed E-state index contributed by atoms with van der Waals surface area (Å²) in [5.41, 5.74) is 11.0. The Kier molecular flexibility index (Phi) is 20.5. The number of rotatable bonds is 15. The van der Waals surface area contributed by atoms with Crippen LogP contribution in [0.5, 0.6) is 5.75 Å². The molecule has 0 aliphatic carbocycles. The van der Waals surface area contributed by atoms with Gasteiger partial charge in [-0.1, -0.05) is 20.3 Å². The number of carbonyl (C=O) groups excluding carboxylic acids is 4. The van der Waals surface area contributed by atoms with Gasteiger partial charge in [0.15, 0.2) is 6.29 Å². The van der Waals surface area contributed by atoms with Gasteiger partial charge in [0.2, 0.25) is 17.7 Å². The molecule has 0 bridgehead atoms. The van der Waals surface area contributed by atoms with Crippen molar-refractivity contribution < 1.29 is 33.9 Å². The minimum Gasteiger partial charge on any atom is -0.493 e. The molecule has 8 N–H and O–H groups in total. The SMILES string of the molecule is CC.CCOc1c(C)cc([N+](=O)[O-])cc1C=O.CNC(CCCCN)C(=O)NC(C(=O)NCC(N)=O)C(C)O. The highest BCUT2D eigenvalue weighted by atomic mass is 16.6. The van der Waals surface area contributed by atoms with Gasteiger partial charge >= 0.3 is 0 Å². The van der Waals surface area contributed by atoms with Crippen LogP contribution in [0.4, 0.5) is 5.69 Å². The smallest absolute Gasteiger partial charge is 0.270 e. The highest BCUT2D eigenvalue weighted by molar-refractivity contribution is 5.92. The second-order valence-electron chi connectivity index (χ2n) is 8.03. The van der Waals surface area contributed by atoms with Crippen LogP contribution in [-0.2, 0) is 14.4 Å². The Balaban J connectivity index is 0. The molecule has 39 heavy (non-hydrogen) atoms. The van der Waals surface area contributed by atoms with Crippen LogP contribution in [0.2, 0.25) is 0 Å². The van der Waals surface area contributed by atoms with Gasteiger partial charge in [0.1, 0.15) is 11.8 Å². The number of nitrogens with zero attached hydrogens (tertiary/aromatic N) is 1. The lowest BCUT2D eigenvalue weighted by Crippen LogP contribution is -2.57. The number of benzene rings is 1. The zero-order chi connectivity index (χ0) is 30.5. The first-order valence-corrected chi connectivity index (χ1v) is 12.7. The van der Waals surface area contributed by atoms with Crippen molar-refractivity contribution in [1.82, 2.24) is 16.0 Å². The van der Waals surface area contributed by atoms with Gasteiger partial charge in [-0.2, -0.15) is 0 Å². The fourth-order valence-electron chi connectivity index (χ4n) is 3.16. The Bertz CT molecular complexity index is 926. The Morgan fingerprint density at radius 2 is 1.82 bits per heavy atom. The van der Waals surface area contributed by atoms with Crippen molar-refractivity contribution in [2.24, 2.45) is 11.5 Å². The van der Waals surface area contributed by atoms with E-state index in [2.05, 4.69) is 16.0 Å². The van der Waals surface area contributed by atoms with Gasteiger partial charge in [0.05, 0.1) is 35.8 Å². The van der Waals surface area contributed by atoms with Gasteiger partial charge in [0.25, 0.3) is 5.69 Å². The van der Waals surface area contributed by atoms with Crippen molar-refractivity contribution in [3.8, 4) is 5.75 Å². The molecule has 0 radical (unpaired) electrons. The summed E-state index contributed by atoms with van der Waals surface area (Å²) in [7, 11) is 1.64. The number of aliphatic hydroxyl groups is 1. The molecule has 0 spiro atoms. The molecule has 0 fully saturated rings. The number of aldehydes is 1. The van der Waals surface area contributed by atoms with Crippen LogP contribution in [0.25, 0.3) is 0 Å². The Morgan fingerprint density at radius 1 is 1.21 bits per heavy atom. The third-order valence-electron chi connectivity index (χ3n) is 5.03. The monoisotopic (exact) mass is 556 g/mol. The van der Waals surface area contributed by atoms with Gasteiger partial charge in [-0.25, -0.2) is 0 Å². The first-order valence-electron chi connectivity index (χ1n) is 12.7. The standard InChI is InChI=1S/C13H27N5O4.C10H11NO4.C2H6/c1-8(19)11(13(22)17-7-10(15)20)18-12(21)9(16-2)5-3-4-6-14;1-3-15-10-7(2)4-9(11(13)14)5-8(10)6-12;1-2/h8-9,11,16,19H,3-7,14H2,1-2H3,(H2,15,20)(H,17,22)(H,18,21);4-6H,3H2,1-2H3;1-2H3. The zero-order valence-electron chi connectivity index (χ0n) is 23.6. The molecule has 222 valence electrons. The quantitative estimate of drug-likeness (QED) is 0.0749. The van der Waals surface area contributed by atoms with Crippen molar-refractivity contribution >= 4 is 29.7 Å². The van der Waals surface area contributed by atoms with E-state index in [1.165, 1.54) is 19.1 Å². The summed E-state index contributed by atoms with van der Waals surface area (Å²) in [6.45, 7) is 9.44. The van der Waals surface area contributed by atoms with Crippen molar-refractivity contribution in [3.63, 3.8) is 0 Å². The van der Waals surface area contributed by atoms with E-state index in [0.29, 0.717) is 37.2 Å². The third-order valence-corrected chi connectivity index (χ3v) is 5.03. The lowest BCUT2D eigenvalue weighted by molar-refractivity contribution is -0.384. The topological polar surface area (TPSA) is 229 Å². The fraction of sp³-hybridized carbons (Fsp3) is 0.600. The summed E-state index contributed by atoms with van der Waals surface area (Å²) < 4.78 is 5.24. The first kappa shape index (κ1) is 37.5. The van der Waals surface area contributed by atoms with Crippen LogP contribution < -0.4 is 32.2 Å². The number of nitro benzene ring substituents is 1. The van der Waals surface area contributed by atoms with Crippen LogP contribution in [0.1, 0.15) is 62.9 Å². The third kappa shape index (κ3) is 14.8. The fourth-order valence-corrected chi connectivity index (χ4v) is 3.16. The molecule has 3 amide bonds. The molecule has 0 saturated heterocycles. The molecular formula is C25H44N6O8. The van der Waals surface area contributed by atoms with Crippen LogP contribution in [0, 0.1) is 17.0 Å². The average Bonchev–Trinajstić information content (AvgIpc) is 2.90. The summed E-state index contributed by atoms with van der Waals surface area (Å²) in [6, 6.07) is 0.956. The number of nitrogens with two attached hydrogens (primary N) is 2. The normalized spacial score (nSPS) is 12.2. The molecule has 14 heteroatoms. The molecule has 0 heterocycles. The van der Waals surface area contributed by atoms with E-state index in [-0.39, 0.29) is 17.8 Å². The van der Waals surface area contributed by atoms with Gasteiger partial charge in [0, 0.05) is 12.1 Å². The molecule has 0 aromatic heterocycles.